The molecule has 3 rings (SSSR count). The maximum atomic E-state index is 13.4. The molecule has 1 fully saturated rings. The molecule has 2 aromatic rings. The smallest absolute Gasteiger partial charge is 0.264 e. The van der Waals surface area contributed by atoms with Crippen molar-refractivity contribution in [2.24, 2.45) is 5.92 Å². The number of carbonyl (C=O) groups is 1. The zero-order valence-corrected chi connectivity index (χ0v) is 19.4. The lowest BCUT2D eigenvalue weighted by Gasteiger charge is -2.27. The number of aryl methyl sites for hydroxylation is 3. The van der Waals surface area contributed by atoms with Gasteiger partial charge in [-0.2, -0.15) is 0 Å². The number of nitrogens with zero attached hydrogens (tertiary/aromatic N) is 1. The minimum atomic E-state index is -3.78. The number of hydrogen-bond donors (Lipinski definition) is 1. The molecule has 1 N–H and O–H groups in total. The predicted molar refractivity (Wildman–Crippen MR) is 119 cm³/mol. The number of sulfonamides is 1. The molecule has 1 saturated carbocycles. The summed E-state index contributed by atoms with van der Waals surface area (Å²) < 4.78 is 28.0. The fraction of sp³-hybridized carbons (Fsp3) is 0.500. The highest BCUT2D eigenvalue weighted by Gasteiger charge is 2.30. The van der Waals surface area contributed by atoms with E-state index in [0.717, 1.165) is 31.2 Å². The first-order valence-electron chi connectivity index (χ1n) is 10.1. The van der Waals surface area contributed by atoms with Gasteiger partial charge < -0.3 is 5.32 Å². The van der Waals surface area contributed by atoms with Crippen molar-refractivity contribution < 1.29 is 13.2 Å². The van der Waals surface area contributed by atoms with Crippen LogP contribution < -0.4 is 9.62 Å². The molecule has 1 aliphatic rings. The highest BCUT2D eigenvalue weighted by molar-refractivity contribution is 7.93. The van der Waals surface area contributed by atoms with E-state index < -0.39 is 10.0 Å². The molecule has 1 aliphatic carbocycles. The number of anilines is 1. The van der Waals surface area contributed by atoms with Gasteiger partial charge in [0.2, 0.25) is 0 Å². The molecule has 1 amide bonds. The first kappa shape index (κ1) is 21.8. The normalized spacial score (nSPS) is 19.8. The Bertz CT molecular complexity index is 980. The van der Waals surface area contributed by atoms with Crippen molar-refractivity contribution >= 4 is 33.0 Å². The molecular weight excluding hydrogens is 404 g/mol. The molecule has 7 heteroatoms. The zero-order chi connectivity index (χ0) is 21.3. The van der Waals surface area contributed by atoms with Gasteiger partial charge in [0.1, 0.15) is 4.88 Å². The summed E-state index contributed by atoms with van der Waals surface area (Å²) in [5.74, 6) is 0.520. The van der Waals surface area contributed by atoms with E-state index in [-0.39, 0.29) is 11.9 Å². The SMILES string of the molecule is Cc1cc(C)c(S(=O)(=O)N(C)c2ccsc2C(=O)NC2CCC(C)CC2)c(C)c1. The van der Waals surface area contributed by atoms with Gasteiger partial charge in [-0.05, 0) is 74.9 Å². The monoisotopic (exact) mass is 434 g/mol. The van der Waals surface area contributed by atoms with Crippen molar-refractivity contribution in [2.75, 3.05) is 11.4 Å². The van der Waals surface area contributed by atoms with Gasteiger partial charge in [0.25, 0.3) is 15.9 Å². The molecule has 29 heavy (non-hydrogen) atoms. The number of carbonyl (C=O) groups excluding carboxylic acids is 1. The Hall–Kier alpha value is -1.86. The molecule has 1 aromatic heterocycles. The van der Waals surface area contributed by atoms with E-state index in [1.165, 1.54) is 22.7 Å². The van der Waals surface area contributed by atoms with Crippen molar-refractivity contribution in [1.82, 2.24) is 5.32 Å². The molecule has 0 unspecified atom stereocenters. The second kappa shape index (κ2) is 8.48. The van der Waals surface area contributed by atoms with Gasteiger partial charge in [-0.25, -0.2) is 8.42 Å². The second-order valence-corrected chi connectivity index (χ2v) is 11.1. The summed E-state index contributed by atoms with van der Waals surface area (Å²) in [6.07, 6.45) is 4.18. The molecule has 5 nitrogen and oxygen atoms in total. The molecule has 0 bridgehead atoms. The quantitative estimate of drug-likeness (QED) is 0.734. The summed E-state index contributed by atoms with van der Waals surface area (Å²) in [5.41, 5.74) is 2.88. The summed E-state index contributed by atoms with van der Waals surface area (Å²) in [5, 5.41) is 4.88. The van der Waals surface area contributed by atoms with E-state index in [9.17, 15) is 13.2 Å². The molecular formula is C22H30N2O3S2. The number of nitrogens with one attached hydrogen (secondary N) is 1. The highest BCUT2D eigenvalue weighted by atomic mass is 32.2. The van der Waals surface area contributed by atoms with E-state index >= 15 is 0 Å². The van der Waals surface area contributed by atoms with Gasteiger partial charge in [0.15, 0.2) is 0 Å². The third-order valence-corrected chi connectivity index (χ3v) is 8.74. The van der Waals surface area contributed by atoms with Gasteiger partial charge >= 0.3 is 0 Å². The molecule has 0 atom stereocenters. The average molecular weight is 435 g/mol. The van der Waals surface area contributed by atoms with Crippen LogP contribution in [0, 0.1) is 26.7 Å². The van der Waals surface area contributed by atoms with E-state index in [1.807, 2.05) is 32.9 Å². The van der Waals surface area contributed by atoms with Gasteiger partial charge in [-0.15, -0.1) is 11.3 Å². The Kier molecular flexibility index (Phi) is 6.39. The van der Waals surface area contributed by atoms with Crippen molar-refractivity contribution in [3.05, 3.63) is 45.1 Å². The van der Waals surface area contributed by atoms with Crippen molar-refractivity contribution in [3.63, 3.8) is 0 Å². The lowest BCUT2D eigenvalue weighted by atomic mass is 9.87. The Balaban J connectivity index is 1.87. The molecule has 0 aliphatic heterocycles. The minimum Gasteiger partial charge on any atom is -0.349 e. The van der Waals surface area contributed by atoms with Crippen LogP contribution in [0.25, 0.3) is 0 Å². The third kappa shape index (κ3) is 4.51. The van der Waals surface area contributed by atoms with Crippen molar-refractivity contribution in [2.45, 2.75) is 64.3 Å². The molecule has 0 saturated heterocycles. The number of hydrogen-bond acceptors (Lipinski definition) is 4. The molecule has 1 aromatic carbocycles. The largest absolute Gasteiger partial charge is 0.349 e. The maximum Gasteiger partial charge on any atom is 0.264 e. The third-order valence-electron chi connectivity index (χ3n) is 5.76. The van der Waals surface area contributed by atoms with Crippen molar-refractivity contribution in [1.29, 1.82) is 0 Å². The van der Waals surface area contributed by atoms with Crippen LogP contribution in [0.4, 0.5) is 5.69 Å². The van der Waals surface area contributed by atoms with Crippen molar-refractivity contribution in [3.8, 4) is 0 Å². The lowest BCUT2D eigenvalue weighted by Crippen LogP contribution is -2.38. The Morgan fingerprint density at radius 1 is 1.10 bits per heavy atom. The van der Waals surface area contributed by atoms with E-state index in [4.69, 9.17) is 0 Å². The van der Waals surface area contributed by atoms with Crippen LogP contribution >= 0.6 is 11.3 Å². The summed E-state index contributed by atoms with van der Waals surface area (Å²) in [4.78, 5) is 13.7. The lowest BCUT2D eigenvalue weighted by molar-refractivity contribution is 0.0928. The maximum absolute atomic E-state index is 13.4. The Morgan fingerprint density at radius 3 is 2.28 bits per heavy atom. The van der Waals surface area contributed by atoms with Crippen LogP contribution in [0.1, 0.15) is 59.0 Å². The topological polar surface area (TPSA) is 66.5 Å². The van der Waals surface area contributed by atoms with Gasteiger partial charge in [-0.1, -0.05) is 24.6 Å². The second-order valence-electron chi connectivity index (χ2n) is 8.27. The fourth-order valence-corrected chi connectivity index (χ4v) is 6.71. The molecule has 1 heterocycles. The van der Waals surface area contributed by atoms with Crippen LogP contribution in [0.5, 0.6) is 0 Å². The average Bonchev–Trinajstić information content (AvgIpc) is 3.11. The van der Waals surface area contributed by atoms with E-state index in [0.29, 0.717) is 32.5 Å². The van der Waals surface area contributed by atoms with Crippen LogP contribution in [0.2, 0.25) is 0 Å². The minimum absolute atomic E-state index is 0.164. The van der Waals surface area contributed by atoms with Gasteiger partial charge in [-0.3, -0.25) is 9.10 Å². The summed E-state index contributed by atoms with van der Waals surface area (Å²) in [7, 11) is -2.25. The Labute approximate surface area is 178 Å². The number of thiophene rings is 1. The molecule has 0 spiro atoms. The predicted octanol–water partition coefficient (Wildman–Crippen LogP) is 4.81. The summed E-state index contributed by atoms with van der Waals surface area (Å²) >= 11 is 1.28. The van der Waals surface area contributed by atoms with Crippen LogP contribution in [-0.2, 0) is 10.0 Å². The number of amides is 1. The first-order valence-corrected chi connectivity index (χ1v) is 12.4. The van der Waals surface area contributed by atoms with E-state index in [2.05, 4.69) is 12.2 Å². The standard InChI is InChI=1S/C22H30N2O3S2/c1-14-6-8-18(9-7-14)23-22(25)20-19(10-11-28-20)24(5)29(26,27)21-16(3)12-15(2)13-17(21)4/h10-14,18H,6-9H2,1-5H3,(H,23,25). The Morgan fingerprint density at radius 2 is 1.69 bits per heavy atom. The van der Waals surface area contributed by atoms with Crippen LogP contribution in [-0.4, -0.2) is 27.4 Å². The zero-order valence-electron chi connectivity index (χ0n) is 17.8. The van der Waals surface area contributed by atoms with E-state index in [1.54, 1.807) is 11.4 Å². The fourth-order valence-electron chi connectivity index (χ4n) is 4.22. The van der Waals surface area contributed by atoms with Crippen LogP contribution in [0.3, 0.4) is 0 Å². The van der Waals surface area contributed by atoms with Gasteiger partial charge in [0.05, 0.1) is 10.6 Å². The highest BCUT2D eigenvalue weighted by Crippen LogP contribution is 2.33. The summed E-state index contributed by atoms with van der Waals surface area (Å²) in [6, 6.07) is 5.62. The number of benzene rings is 1. The molecule has 0 radical (unpaired) electrons. The summed E-state index contributed by atoms with van der Waals surface area (Å²) in [6.45, 7) is 7.82. The molecule has 158 valence electrons. The first-order chi connectivity index (χ1) is 13.6. The number of rotatable bonds is 5. The van der Waals surface area contributed by atoms with Crippen LogP contribution in [0.15, 0.2) is 28.5 Å². The van der Waals surface area contributed by atoms with Gasteiger partial charge in [0, 0.05) is 13.1 Å².